The SMILES string of the molecule is CC(NC(c1ccccc1)C1CC1)c1ccco1. The minimum atomic E-state index is 0.255. The van der Waals surface area contributed by atoms with E-state index in [1.165, 1.54) is 18.4 Å². The Kier molecular flexibility index (Phi) is 3.20. The van der Waals surface area contributed by atoms with E-state index in [-0.39, 0.29) is 6.04 Å². The lowest BCUT2D eigenvalue weighted by atomic mass is 10.0. The minimum Gasteiger partial charge on any atom is -0.468 e. The maximum absolute atomic E-state index is 5.47. The number of nitrogens with one attached hydrogen (secondary N) is 1. The average Bonchev–Trinajstić information content (AvgIpc) is 3.10. The van der Waals surface area contributed by atoms with Crippen LogP contribution in [-0.4, -0.2) is 0 Å². The minimum absolute atomic E-state index is 0.255. The molecule has 2 unspecified atom stereocenters. The summed E-state index contributed by atoms with van der Waals surface area (Å²) in [4.78, 5) is 0. The van der Waals surface area contributed by atoms with Gasteiger partial charge < -0.3 is 9.73 Å². The molecule has 0 saturated heterocycles. The molecular weight excluding hydrogens is 222 g/mol. The second-order valence-electron chi connectivity index (χ2n) is 5.13. The summed E-state index contributed by atoms with van der Waals surface area (Å²) < 4.78 is 5.47. The van der Waals surface area contributed by atoms with Gasteiger partial charge in [-0.2, -0.15) is 0 Å². The van der Waals surface area contributed by atoms with Gasteiger partial charge >= 0.3 is 0 Å². The van der Waals surface area contributed by atoms with Gasteiger partial charge in [0.15, 0.2) is 0 Å². The van der Waals surface area contributed by atoms with E-state index >= 15 is 0 Å². The van der Waals surface area contributed by atoms with Crippen LogP contribution in [-0.2, 0) is 0 Å². The van der Waals surface area contributed by atoms with Gasteiger partial charge in [0.25, 0.3) is 0 Å². The Morgan fingerprint density at radius 2 is 1.89 bits per heavy atom. The highest BCUT2D eigenvalue weighted by Gasteiger charge is 2.33. The maximum atomic E-state index is 5.47. The first-order chi connectivity index (χ1) is 8.84. The first-order valence-corrected chi connectivity index (χ1v) is 6.69. The third-order valence-electron chi connectivity index (χ3n) is 3.65. The molecule has 2 aromatic rings. The van der Waals surface area contributed by atoms with Crippen LogP contribution in [0.3, 0.4) is 0 Å². The molecular formula is C16H19NO. The second-order valence-corrected chi connectivity index (χ2v) is 5.13. The molecule has 1 aromatic carbocycles. The highest BCUT2D eigenvalue weighted by molar-refractivity contribution is 5.21. The van der Waals surface area contributed by atoms with E-state index in [0.717, 1.165) is 11.7 Å². The van der Waals surface area contributed by atoms with Gasteiger partial charge in [0, 0.05) is 6.04 Å². The summed E-state index contributed by atoms with van der Waals surface area (Å²) in [6.07, 6.45) is 4.40. The fourth-order valence-corrected chi connectivity index (χ4v) is 2.48. The van der Waals surface area contributed by atoms with E-state index < -0.39 is 0 Å². The van der Waals surface area contributed by atoms with Gasteiger partial charge in [-0.25, -0.2) is 0 Å². The third-order valence-corrected chi connectivity index (χ3v) is 3.65. The fourth-order valence-electron chi connectivity index (χ4n) is 2.48. The van der Waals surface area contributed by atoms with Crippen LogP contribution in [0.5, 0.6) is 0 Å². The van der Waals surface area contributed by atoms with Crippen molar-refractivity contribution in [1.82, 2.24) is 5.32 Å². The van der Waals surface area contributed by atoms with Gasteiger partial charge in [0.2, 0.25) is 0 Å². The van der Waals surface area contributed by atoms with Crippen LogP contribution in [0.15, 0.2) is 53.1 Å². The van der Waals surface area contributed by atoms with E-state index in [2.05, 4.69) is 42.6 Å². The smallest absolute Gasteiger partial charge is 0.120 e. The Balaban J connectivity index is 1.75. The first-order valence-electron chi connectivity index (χ1n) is 6.69. The summed E-state index contributed by atoms with van der Waals surface area (Å²) in [5.74, 6) is 1.79. The van der Waals surface area contributed by atoms with Gasteiger partial charge in [-0.3, -0.25) is 0 Å². The molecule has 0 radical (unpaired) electrons. The molecule has 1 aliphatic carbocycles. The van der Waals surface area contributed by atoms with Crippen LogP contribution in [0.2, 0.25) is 0 Å². The van der Waals surface area contributed by atoms with Crippen molar-refractivity contribution < 1.29 is 4.42 Å². The van der Waals surface area contributed by atoms with Crippen molar-refractivity contribution in [3.63, 3.8) is 0 Å². The molecule has 1 N–H and O–H groups in total. The van der Waals surface area contributed by atoms with E-state index in [0.29, 0.717) is 6.04 Å². The van der Waals surface area contributed by atoms with Gasteiger partial charge in [0.1, 0.15) is 5.76 Å². The van der Waals surface area contributed by atoms with E-state index in [1.807, 2.05) is 12.1 Å². The molecule has 0 amide bonds. The number of hydrogen-bond donors (Lipinski definition) is 1. The molecule has 1 aliphatic rings. The van der Waals surface area contributed by atoms with Gasteiger partial charge in [-0.15, -0.1) is 0 Å². The zero-order chi connectivity index (χ0) is 12.4. The lowest BCUT2D eigenvalue weighted by Gasteiger charge is -2.22. The van der Waals surface area contributed by atoms with Crippen LogP contribution < -0.4 is 5.32 Å². The van der Waals surface area contributed by atoms with Crippen molar-refractivity contribution in [1.29, 1.82) is 0 Å². The number of furan rings is 1. The quantitative estimate of drug-likeness (QED) is 0.853. The zero-order valence-corrected chi connectivity index (χ0v) is 10.7. The van der Waals surface area contributed by atoms with Crippen molar-refractivity contribution in [3.05, 3.63) is 60.1 Å². The van der Waals surface area contributed by atoms with Crippen LogP contribution in [0.25, 0.3) is 0 Å². The van der Waals surface area contributed by atoms with Gasteiger partial charge in [-0.1, -0.05) is 30.3 Å². The lowest BCUT2D eigenvalue weighted by molar-refractivity contribution is 0.372. The predicted molar refractivity (Wildman–Crippen MR) is 72.2 cm³/mol. The molecule has 3 rings (SSSR count). The van der Waals surface area contributed by atoms with Crippen LogP contribution >= 0.6 is 0 Å². The topological polar surface area (TPSA) is 25.2 Å². The first kappa shape index (κ1) is 11.5. The summed E-state index contributed by atoms with van der Waals surface area (Å²) in [7, 11) is 0. The zero-order valence-electron chi connectivity index (χ0n) is 10.7. The normalized spacial score (nSPS) is 18.5. The average molecular weight is 241 g/mol. The standard InChI is InChI=1S/C16H19NO/c1-12(15-8-5-11-18-15)17-16(14-9-10-14)13-6-3-2-4-7-13/h2-8,11-12,14,16-17H,9-10H2,1H3. The van der Waals surface area contributed by atoms with Crippen molar-refractivity contribution in [2.75, 3.05) is 0 Å². The Morgan fingerprint density at radius 1 is 1.11 bits per heavy atom. The molecule has 0 spiro atoms. The summed E-state index contributed by atoms with van der Waals surface area (Å²) in [5.41, 5.74) is 1.39. The Labute approximate surface area is 108 Å². The number of hydrogen-bond acceptors (Lipinski definition) is 2. The third kappa shape index (κ3) is 2.49. The molecule has 18 heavy (non-hydrogen) atoms. The van der Waals surface area contributed by atoms with Gasteiger partial charge in [-0.05, 0) is 43.4 Å². The highest BCUT2D eigenvalue weighted by atomic mass is 16.3. The Bertz CT molecular complexity index is 473. The van der Waals surface area contributed by atoms with Crippen molar-refractivity contribution >= 4 is 0 Å². The molecule has 0 aliphatic heterocycles. The molecule has 1 heterocycles. The number of benzene rings is 1. The van der Waals surface area contributed by atoms with Crippen LogP contribution in [0.1, 0.15) is 43.2 Å². The Morgan fingerprint density at radius 3 is 2.50 bits per heavy atom. The van der Waals surface area contributed by atoms with E-state index in [1.54, 1.807) is 6.26 Å². The molecule has 2 atom stereocenters. The van der Waals surface area contributed by atoms with Crippen LogP contribution in [0.4, 0.5) is 0 Å². The monoisotopic (exact) mass is 241 g/mol. The summed E-state index contributed by atoms with van der Waals surface area (Å²) >= 11 is 0. The summed E-state index contributed by atoms with van der Waals surface area (Å²) in [6, 6.07) is 15.4. The van der Waals surface area contributed by atoms with Crippen molar-refractivity contribution in [2.45, 2.75) is 31.8 Å². The lowest BCUT2D eigenvalue weighted by Crippen LogP contribution is -2.25. The number of rotatable bonds is 5. The van der Waals surface area contributed by atoms with E-state index in [4.69, 9.17) is 4.42 Å². The van der Waals surface area contributed by atoms with Crippen molar-refractivity contribution in [2.24, 2.45) is 5.92 Å². The molecule has 1 fully saturated rings. The molecule has 2 heteroatoms. The molecule has 0 bridgehead atoms. The van der Waals surface area contributed by atoms with Gasteiger partial charge in [0.05, 0.1) is 12.3 Å². The van der Waals surface area contributed by atoms with Crippen molar-refractivity contribution in [3.8, 4) is 0 Å². The predicted octanol–water partition coefficient (Wildman–Crippen LogP) is 4.08. The molecule has 1 aromatic heterocycles. The second kappa shape index (κ2) is 4.99. The Hall–Kier alpha value is -1.54. The van der Waals surface area contributed by atoms with E-state index in [9.17, 15) is 0 Å². The largest absolute Gasteiger partial charge is 0.468 e. The van der Waals surface area contributed by atoms with Crippen LogP contribution in [0, 0.1) is 5.92 Å². The summed E-state index contributed by atoms with van der Waals surface area (Å²) in [5, 5.41) is 3.70. The highest BCUT2D eigenvalue weighted by Crippen LogP contribution is 2.42. The molecule has 1 saturated carbocycles. The fraction of sp³-hybridized carbons (Fsp3) is 0.375. The molecule has 2 nitrogen and oxygen atoms in total. The maximum Gasteiger partial charge on any atom is 0.120 e. The summed E-state index contributed by atoms with van der Waals surface area (Å²) in [6.45, 7) is 2.16. The molecule has 94 valence electrons.